The van der Waals surface area contributed by atoms with Crippen molar-refractivity contribution in [3.8, 4) is 22.8 Å². The zero-order valence-corrected chi connectivity index (χ0v) is 18.5. The lowest BCUT2D eigenvalue weighted by molar-refractivity contribution is -0.763. The van der Waals surface area contributed by atoms with Crippen LogP contribution in [0.15, 0.2) is 52.4 Å². The third kappa shape index (κ3) is 3.54. The summed E-state index contributed by atoms with van der Waals surface area (Å²) in [6.07, 6.45) is -0.666. The summed E-state index contributed by atoms with van der Waals surface area (Å²) in [5, 5.41) is 5.20. The van der Waals surface area contributed by atoms with Crippen molar-refractivity contribution >= 4 is 23.4 Å². The lowest BCUT2D eigenvalue weighted by atomic mass is 10.0. The van der Waals surface area contributed by atoms with Crippen LogP contribution in [0.3, 0.4) is 0 Å². The molecule has 0 radical (unpaired) electrons. The molecule has 2 heterocycles. The molecule has 8 nitrogen and oxygen atoms in total. The average Bonchev–Trinajstić information content (AvgIpc) is 2.77. The summed E-state index contributed by atoms with van der Waals surface area (Å²) < 4.78 is 12.5. The van der Waals surface area contributed by atoms with Crippen molar-refractivity contribution in [3.05, 3.63) is 58.4 Å². The largest absolute Gasteiger partial charge is 0.493 e. The molecule has 0 saturated heterocycles. The number of carbonyl (C=O) groups is 1. The summed E-state index contributed by atoms with van der Waals surface area (Å²) in [5.74, 6) is 1.67. The number of anilines is 1. The third-order valence-electron chi connectivity index (χ3n) is 5.08. The Morgan fingerprint density at radius 2 is 1.94 bits per heavy atom. The second-order valence-corrected chi connectivity index (χ2v) is 8.13. The Labute approximate surface area is 183 Å². The first-order chi connectivity index (χ1) is 15.0. The number of methoxy groups -OCH3 is 2. The van der Waals surface area contributed by atoms with Crippen molar-refractivity contribution in [2.75, 3.05) is 24.9 Å². The Morgan fingerprint density at radius 1 is 1.19 bits per heavy atom. The molecule has 0 saturated carbocycles. The van der Waals surface area contributed by atoms with Crippen molar-refractivity contribution in [3.63, 3.8) is 0 Å². The number of thioether (sulfide) groups is 1. The number of amides is 1. The van der Waals surface area contributed by atoms with Gasteiger partial charge in [-0.05, 0) is 40.8 Å². The second kappa shape index (κ2) is 8.43. The molecule has 31 heavy (non-hydrogen) atoms. The minimum atomic E-state index is -0.666. The van der Waals surface area contributed by atoms with Crippen molar-refractivity contribution in [1.82, 2.24) is 10.1 Å². The maximum Gasteiger partial charge on any atom is 0.325 e. The third-order valence-corrected chi connectivity index (χ3v) is 5.83. The van der Waals surface area contributed by atoms with Crippen LogP contribution in [0.5, 0.6) is 11.5 Å². The van der Waals surface area contributed by atoms with E-state index in [0.717, 1.165) is 11.3 Å². The molecule has 0 spiro atoms. The molecule has 1 aliphatic rings. The molecule has 1 N–H and O–H groups in total. The Kier molecular flexibility index (Phi) is 5.69. The van der Waals surface area contributed by atoms with Gasteiger partial charge in [-0.2, -0.15) is 0 Å². The molecule has 1 aliphatic heterocycles. The number of nitrogens with zero attached hydrogens (tertiary/aromatic N) is 3. The summed E-state index contributed by atoms with van der Waals surface area (Å²) in [5.41, 5.74) is 2.17. The van der Waals surface area contributed by atoms with Crippen LogP contribution in [-0.4, -0.2) is 36.0 Å². The number of hydrogen-bond acceptors (Lipinski definition) is 6. The number of H-pyrrole nitrogens is 1. The summed E-state index contributed by atoms with van der Waals surface area (Å²) in [7, 11) is 3.12. The van der Waals surface area contributed by atoms with E-state index in [1.165, 1.54) is 18.7 Å². The fraction of sp³-hybridized carbons (Fsp3) is 0.273. The maximum absolute atomic E-state index is 13.1. The van der Waals surface area contributed by atoms with Crippen LogP contribution in [0.2, 0.25) is 0 Å². The molecule has 1 amide bonds. The van der Waals surface area contributed by atoms with Gasteiger partial charge in [0.25, 0.3) is 6.17 Å². The molecule has 160 valence electrons. The number of aromatic nitrogens is 3. The predicted octanol–water partition coefficient (Wildman–Crippen LogP) is 2.77. The van der Waals surface area contributed by atoms with Crippen molar-refractivity contribution in [2.45, 2.75) is 25.2 Å². The van der Waals surface area contributed by atoms with Crippen LogP contribution in [0.1, 0.15) is 25.6 Å². The first-order valence-electron chi connectivity index (χ1n) is 9.80. The maximum atomic E-state index is 13.1. The second-order valence-electron chi connectivity index (χ2n) is 6.88. The van der Waals surface area contributed by atoms with Gasteiger partial charge >= 0.3 is 11.3 Å². The van der Waals surface area contributed by atoms with Crippen molar-refractivity contribution in [1.29, 1.82) is 0 Å². The molecule has 3 aromatic rings. The highest BCUT2D eigenvalue weighted by Crippen LogP contribution is 2.39. The highest BCUT2D eigenvalue weighted by atomic mass is 32.2. The molecule has 4 rings (SSSR count). The molecule has 0 aliphatic carbocycles. The van der Waals surface area contributed by atoms with E-state index in [2.05, 4.69) is 4.98 Å². The normalized spacial score (nSPS) is 14.6. The van der Waals surface area contributed by atoms with E-state index in [0.29, 0.717) is 33.6 Å². The predicted molar refractivity (Wildman–Crippen MR) is 118 cm³/mol. The molecule has 1 aromatic heterocycles. The van der Waals surface area contributed by atoms with Crippen LogP contribution in [0.25, 0.3) is 11.3 Å². The van der Waals surface area contributed by atoms with E-state index >= 15 is 0 Å². The quantitative estimate of drug-likeness (QED) is 0.486. The van der Waals surface area contributed by atoms with Gasteiger partial charge in [-0.15, -0.1) is 0 Å². The van der Waals surface area contributed by atoms with E-state index in [4.69, 9.17) is 14.6 Å². The number of aromatic amines is 1. The zero-order chi connectivity index (χ0) is 22.1. The summed E-state index contributed by atoms with van der Waals surface area (Å²) in [4.78, 5) is 30.5. The number of ether oxygens (including phenoxy) is 2. The molecule has 1 atom stereocenters. The molecule has 2 aromatic carbocycles. The highest BCUT2D eigenvalue weighted by molar-refractivity contribution is 7.99. The molecular weight excluding hydrogens is 416 g/mol. The first-order valence-corrected chi connectivity index (χ1v) is 10.8. The van der Waals surface area contributed by atoms with E-state index in [-0.39, 0.29) is 11.5 Å². The molecule has 0 bridgehead atoms. The Hall–Kier alpha value is -3.33. The number of carbonyl (C=O) groups excluding carboxylic acids is 1. The van der Waals surface area contributed by atoms with Crippen LogP contribution < -0.4 is 24.6 Å². The highest BCUT2D eigenvalue weighted by Gasteiger charge is 2.45. The number of benzene rings is 2. The minimum Gasteiger partial charge on any atom is -0.493 e. The van der Waals surface area contributed by atoms with E-state index in [1.807, 2.05) is 37.3 Å². The topological polar surface area (TPSA) is 88.4 Å². The summed E-state index contributed by atoms with van der Waals surface area (Å²) in [6, 6.07) is 12.8. The minimum absolute atomic E-state index is 0.169. The van der Waals surface area contributed by atoms with Gasteiger partial charge in [-0.3, -0.25) is 14.6 Å². The van der Waals surface area contributed by atoms with Crippen LogP contribution in [0, 0.1) is 0 Å². The molecule has 0 unspecified atom stereocenters. The Bertz CT molecular complexity index is 1210. The summed E-state index contributed by atoms with van der Waals surface area (Å²) >= 11 is 1.43. The zero-order valence-electron chi connectivity index (χ0n) is 17.7. The van der Waals surface area contributed by atoms with Crippen LogP contribution in [-0.2, 0) is 4.79 Å². The Morgan fingerprint density at radius 3 is 2.61 bits per heavy atom. The average molecular weight is 440 g/mol. The van der Waals surface area contributed by atoms with E-state index in [1.54, 1.807) is 35.9 Å². The van der Waals surface area contributed by atoms with Gasteiger partial charge < -0.3 is 9.47 Å². The lowest BCUT2D eigenvalue weighted by Crippen LogP contribution is -2.60. The van der Waals surface area contributed by atoms with Gasteiger partial charge in [-0.1, -0.05) is 30.8 Å². The van der Waals surface area contributed by atoms with Crippen LogP contribution in [0.4, 0.5) is 5.69 Å². The van der Waals surface area contributed by atoms with Gasteiger partial charge in [0.1, 0.15) is 0 Å². The molecular formula is C22H23N4O4S+. The van der Waals surface area contributed by atoms with Crippen molar-refractivity contribution in [2.24, 2.45) is 0 Å². The van der Waals surface area contributed by atoms with Gasteiger partial charge in [0.15, 0.2) is 11.5 Å². The lowest BCUT2D eigenvalue weighted by Gasteiger charge is -2.31. The molecule has 9 heteroatoms. The van der Waals surface area contributed by atoms with E-state index < -0.39 is 6.17 Å². The van der Waals surface area contributed by atoms with Gasteiger partial charge in [0.2, 0.25) is 11.1 Å². The number of para-hydroxylation sites is 1. The summed E-state index contributed by atoms with van der Waals surface area (Å²) in [6.45, 7) is 3.49. The monoisotopic (exact) mass is 439 g/mol. The molecule has 0 fully saturated rings. The van der Waals surface area contributed by atoms with Gasteiger partial charge in [-0.25, -0.2) is 4.90 Å². The van der Waals surface area contributed by atoms with Crippen LogP contribution >= 0.6 is 11.8 Å². The SMILES string of the molecule is CCSc1n[n+]2c(c(=O)[nH]1)-c1ccccc1N(C(C)=O)[C@@H]2c1ccc(OC)c(OC)c1. The number of nitrogens with one attached hydrogen (secondary N) is 1. The number of rotatable bonds is 5. The van der Waals surface area contributed by atoms with Gasteiger partial charge in [0, 0.05) is 17.6 Å². The standard InChI is InChI=1S/C22H22N4O4S/c1-5-31-22-23-20(28)19-15-8-6-7-9-16(15)25(13(2)27)21(26(19)24-22)14-10-11-17(29-3)18(12-14)30-4/h6-12,21H,5H2,1-4H3/p+1/t21-/m0/s1. The smallest absolute Gasteiger partial charge is 0.325 e. The first kappa shape index (κ1) is 20.9. The number of hydrogen-bond donors (Lipinski definition) is 1. The Balaban J connectivity index is 2.04. The number of fused-ring (bicyclic) bond motifs is 3. The van der Waals surface area contributed by atoms with Gasteiger partial charge in [0.05, 0.1) is 25.5 Å². The fourth-order valence-corrected chi connectivity index (χ4v) is 4.41. The van der Waals surface area contributed by atoms with Crippen molar-refractivity contribution < 1.29 is 19.0 Å². The van der Waals surface area contributed by atoms with E-state index in [9.17, 15) is 9.59 Å². The fourth-order valence-electron chi connectivity index (χ4n) is 3.83.